The molecule has 35 heavy (non-hydrogen) atoms. The second-order valence-electron chi connectivity index (χ2n) is 10.6. The van der Waals surface area contributed by atoms with Crippen molar-refractivity contribution in [1.29, 1.82) is 0 Å². The number of hydrogen-bond acceptors (Lipinski definition) is 5. The molecule has 1 heterocycles. The molecule has 1 amide bonds. The first kappa shape index (κ1) is 22.4. The number of hydrogen-bond donors (Lipinski definition) is 0. The Kier molecular flexibility index (Phi) is 5.91. The Hall–Kier alpha value is -3.02. The Morgan fingerprint density at radius 2 is 1.83 bits per heavy atom. The molecule has 1 saturated heterocycles. The predicted octanol–water partition coefficient (Wildman–Crippen LogP) is 5.37. The first-order valence-electron chi connectivity index (χ1n) is 13.0. The number of likely N-dealkylation sites (tertiary alicyclic amines) is 1. The third-order valence-electron chi connectivity index (χ3n) is 8.59. The number of benzene rings is 2. The van der Waals surface area contributed by atoms with Gasteiger partial charge in [0.05, 0.1) is 5.92 Å². The van der Waals surface area contributed by atoms with E-state index in [1.165, 1.54) is 24.0 Å². The Morgan fingerprint density at radius 3 is 2.66 bits per heavy atom. The molecule has 2 aromatic rings. The van der Waals surface area contributed by atoms with Crippen LogP contribution in [0.25, 0.3) is 0 Å². The predicted molar refractivity (Wildman–Crippen MR) is 130 cm³/mol. The van der Waals surface area contributed by atoms with Crippen LogP contribution >= 0.6 is 0 Å². The highest BCUT2D eigenvalue weighted by molar-refractivity contribution is 5.74. The maximum absolute atomic E-state index is 13.2. The Morgan fingerprint density at radius 1 is 0.971 bits per heavy atom. The van der Waals surface area contributed by atoms with Crippen molar-refractivity contribution in [3.63, 3.8) is 0 Å². The van der Waals surface area contributed by atoms with E-state index in [4.69, 9.17) is 14.2 Å². The average Bonchev–Trinajstić information content (AvgIpc) is 3.74. The summed E-state index contributed by atoms with van der Waals surface area (Å²) >= 11 is 0. The van der Waals surface area contributed by atoms with E-state index in [9.17, 15) is 9.59 Å². The lowest BCUT2D eigenvalue weighted by Gasteiger charge is -2.58. The van der Waals surface area contributed by atoms with Crippen LogP contribution in [0.1, 0.15) is 61.6 Å². The van der Waals surface area contributed by atoms with Crippen molar-refractivity contribution in [3.05, 3.63) is 65.2 Å². The summed E-state index contributed by atoms with van der Waals surface area (Å²) in [5, 5.41) is 0. The third-order valence-corrected chi connectivity index (χ3v) is 8.59. The van der Waals surface area contributed by atoms with Crippen LogP contribution in [-0.2, 0) is 32.7 Å². The summed E-state index contributed by atoms with van der Waals surface area (Å²) in [5.74, 6) is 1.12. The van der Waals surface area contributed by atoms with Crippen LogP contribution < -0.4 is 4.74 Å². The summed E-state index contributed by atoms with van der Waals surface area (Å²) in [7, 11) is 0. The van der Waals surface area contributed by atoms with Crippen LogP contribution in [0.4, 0.5) is 4.79 Å². The van der Waals surface area contributed by atoms with Gasteiger partial charge in [-0.3, -0.25) is 4.79 Å². The average molecular weight is 476 g/mol. The zero-order valence-corrected chi connectivity index (χ0v) is 20.1. The summed E-state index contributed by atoms with van der Waals surface area (Å²) < 4.78 is 16.9. The van der Waals surface area contributed by atoms with Crippen molar-refractivity contribution in [2.24, 2.45) is 11.8 Å². The molecule has 2 bridgehead atoms. The van der Waals surface area contributed by atoms with Gasteiger partial charge in [0, 0.05) is 18.0 Å². The largest absolute Gasteiger partial charge is 0.457 e. The van der Waals surface area contributed by atoms with E-state index in [0.717, 1.165) is 56.4 Å². The normalized spacial score (nSPS) is 26.8. The van der Waals surface area contributed by atoms with Gasteiger partial charge < -0.3 is 19.1 Å². The molecule has 0 radical (unpaired) electrons. The molecular weight excluding hydrogens is 442 g/mol. The highest BCUT2D eigenvalue weighted by atomic mass is 16.7. The quantitative estimate of drug-likeness (QED) is 0.415. The van der Waals surface area contributed by atoms with Gasteiger partial charge in [0.25, 0.3) is 0 Å². The number of rotatable bonds is 6. The fourth-order valence-corrected chi connectivity index (χ4v) is 6.70. The monoisotopic (exact) mass is 475 g/mol. The van der Waals surface area contributed by atoms with Gasteiger partial charge in [0.1, 0.15) is 12.4 Å². The lowest BCUT2D eigenvalue weighted by atomic mass is 9.52. The van der Waals surface area contributed by atoms with Gasteiger partial charge in [-0.15, -0.1) is 0 Å². The van der Waals surface area contributed by atoms with Crippen LogP contribution in [0.15, 0.2) is 48.5 Å². The molecule has 184 valence electrons. The lowest BCUT2D eigenvalue weighted by Crippen LogP contribution is -2.62. The number of ether oxygens (including phenoxy) is 3. The van der Waals surface area contributed by atoms with Gasteiger partial charge in [0.15, 0.2) is 0 Å². The van der Waals surface area contributed by atoms with Crippen LogP contribution in [0.3, 0.4) is 0 Å². The molecule has 0 aromatic heterocycles. The Labute approximate surface area is 206 Å². The van der Waals surface area contributed by atoms with E-state index in [0.29, 0.717) is 12.5 Å². The number of fused-ring (bicyclic) bond motifs is 1. The second-order valence-corrected chi connectivity index (χ2v) is 10.6. The molecule has 2 aromatic carbocycles. The first-order valence-corrected chi connectivity index (χ1v) is 13.0. The van der Waals surface area contributed by atoms with Crippen LogP contribution in [0.2, 0.25) is 0 Å². The number of nitrogens with zero attached hydrogens (tertiary/aromatic N) is 1. The second kappa shape index (κ2) is 9.21. The van der Waals surface area contributed by atoms with E-state index < -0.39 is 0 Å². The zero-order chi connectivity index (χ0) is 23.8. The standard InChI is InChI=1S/C29H33NO5/c31-27(21-9-10-21)35-19-34-23-12-11-22-16-26-24-8-4-5-13-29(24,25(22)17-23)14-15-30(26)28(32)33-18-20-6-2-1-3-7-20/h1-3,6-7,11-12,17,21,24,26H,4-5,8-10,13-16,18-19H2/t24-,26-,29+/m1/s1. The maximum Gasteiger partial charge on any atom is 0.410 e. The van der Waals surface area contributed by atoms with Gasteiger partial charge in [-0.1, -0.05) is 49.2 Å². The molecule has 3 aliphatic carbocycles. The van der Waals surface area contributed by atoms with Gasteiger partial charge in [-0.05, 0) is 73.3 Å². The summed E-state index contributed by atoms with van der Waals surface area (Å²) in [6.07, 6.45) is 8.16. The third kappa shape index (κ3) is 4.28. The highest BCUT2D eigenvalue weighted by Gasteiger charge is 2.55. The van der Waals surface area contributed by atoms with Crippen molar-refractivity contribution in [3.8, 4) is 5.75 Å². The van der Waals surface area contributed by atoms with Crippen molar-refractivity contribution in [1.82, 2.24) is 4.90 Å². The first-order chi connectivity index (χ1) is 17.1. The topological polar surface area (TPSA) is 65.1 Å². The SMILES string of the molecule is O=C(OCOc1ccc2c(c1)[C@]13CCCC[C@@H]1[C@@H](C2)N(C(=O)OCc1ccccc1)CC3)C1CC1. The van der Waals surface area contributed by atoms with Crippen molar-refractivity contribution < 1.29 is 23.8 Å². The molecule has 4 aliphatic rings. The molecule has 2 saturated carbocycles. The summed E-state index contributed by atoms with van der Waals surface area (Å²) in [5.41, 5.74) is 3.77. The number of esters is 1. The number of carbonyl (C=O) groups excluding carboxylic acids is 2. The molecule has 3 atom stereocenters. The molecule has 0 N–H and O–H groups in total. The molecule has 0 spiro atoms. The van der Waals surface area contributed by atoms with E-state index >= 15 is 0 Å². The number of amides is 1. The van der Waals surface area contributed by atoms with Crippen molar-refractivity contribution in [2.45, 2.75) is 69.4 Å². The highest BCUT2D eigenvalue weighted by Crippen LogP contribution is 2.56. The number of piperidine rings is 1. The molecular formula is C29H33NO5. The van der Waals surface area contributed by atoms with Gasteiger partial charge in [0.2, 0.25) is 6.79 Å². The fourth-order valence-electron chi connectivity index (χ4n) is 6.70. The smallest absolute Gasteiger partial charge is 0.410 e. The fraction of sp³-hybridized carbons (Fsp3) is 0.517. The van der Waals surface area contributed by atoms with E-state index in [1.54, 1.807) is 0 Å². The van der Waals surface area contributed by atoms with E-state index in [1.807, 2.05) is 41.3 Å². The summed E-state index contributed by atoms with van der Waals surface area (Å²) in [6, 6.07) is 16.3. The van der Waals surface area contributed by atoms with Gasteiger partial charge in [-0.2, -0.15) is 0 Å². The molecule has 6 heteroatoms. The Balaban J connectivity index is 1.19. The summed E-state index contributed by atoms with van der Waals surface area (Å²) in [6.45, 7) is 0.994. The van der Waals surface area contributed by atoms with Crippen molar-refractivity contribution in [2.75, 3.05) is 13.3 Å². The molecule has 0 unspecified atom stereocenters. The minimum Gasteiger partial charge on any atom is -0.457 e. The van der Waals surface area contributed by atoms with Crippen LogP contribution in [0.5, 0.6) is 5.75 Å². The molecule has 3 fully saturated rings. The minimum atomic E-state index is -0.195. The maximum atomic E-state index is 13.2. The van der Waals surface area contributed by atoms with E-state index in [-0.39, 0.29) is 36.2 Å². The van der Waals surface area contributed by atoms with Gasteiger partial charge >= 0.3 is 12.1 Å². The minimum absolute atomic E-state index is 0.0335. The van der Waals surface area contributed by atoms with Crippen LogP contribution in [0, 0.1) is 11.8 Å². The summed E-state index contributed by atoms with van der Waals surface area (Å²) in [4.78, 5) is 27.0. The van der Waals surface area contributed by atoms with Crippen molar-refractivity contribution >= 4 is 12.1 Å². The Bertz CT molecular complexity index is 1100. The zero-order valence-electron chi connectivity index (χ0n) is 20.1. The van der Waals surface area contributed by atoms with Crippen LogP contribution in [-0.4, -0.2) is 36.3 Å². The molecule has 6 nitrogen and oxygen atoms in total. The van der Waals surface area contributed by atoms with E-state index in [2.05, 4.69) is 12.1 Å². The lowest BCUT2D eigenvalue weighted by molar-refractivity contribution is -0.151. The van der Waals surface area contributed by atoms with Gasteiger partial charge in [-0.25, -0.2) is 4.79 Å². The molecule has 1 aliphatic heterocycles. The number of carbonyl (C=O) groups is 2. The molecule has 6 rings (SSSR count).